The van der Waals surface area contributed by atoms with Crippen LogP contribution in [0.2, 0.25) is 0 Å². The van der Waals surface area contributed by atoms with Crippen LogP contribution in [-0.2, 0) is 9.59 Å². The number of anilines is 1. The third-order valence-electron chi connectivity index (χ3n) is 5.12. The molecule has 0 aromatic heterocycles. The first-order valence-electron chi connectivity index (χ1n) is 9.66. The number of rotatable bonds is 6. The maximum atomic E-state index is 12.8. The van der Waals surface area contributed by atoms with E-state index in [4.69, 9.17) is 9.47 Å². The molecule has 1 aliphatic heterocycles. The maximum Gasteiger partial charge on any atom is 0.316 e. The van der Waals surface area contributed by atoms with Gasteiger partial charge in [-0.3, -0.25) is 19.7 Å². The molecule has 0 spiro atoms. The van der Waals surface area contributed by atoms with Crippen LogP contribution in [0.25, 0.3) is 0 Å². The quantitative estimate of drug-likeness (QED) is 0.308. The molecule has 2 aromatic carbocycles. The number of nitro groups is 1. The Balaban J connectivity index is 1.80. The van der Waals surface area contributed by atoms with E-state index in [-0.39, 0.29) is 36.2 Å². The van der Waals surface area contributed by atoms with Crippen LogP contribution in [0.4, 0.5) is 11.4 Å². The second kappa shape index (κ2) is 8.52. The normalized spacial score (nSPS) is 16.1. The summed E-state index contributed by atoms with van der Waals surface area (Å²) in [6.07, 6.45) is 0.00179. The number of methoxy groups -OCH3 is 1. The zero-order valence-electron chi connectivity index (χ0n) is 17.4. The van der Waals surface area contributed by atoms with E-state index in [1.165, 1.54) is 30.2 Å². The Morgan fingerprint density at radius 1 is 1.20 bits per heavy atom. The first-order chi connectivity index (χ1) is 14.2. The van der Waals surface area contributed by atoms with E-state index < -0.39 is 16.8 Å². The van der Waals surface area contributed by atoms with Crippen LogP contribution in [0.3, 0.4) is 0 Å². The molecule has 1 aliphatic rings. The number of aryl methyl sites for hydroxylation is 1. The summed E-state index contributed by atoms with van der Waals surface area (Å²) >= 11 is 0. The molecule has 0 radical (unpaired) electrons. The summed E-state index contributed by atoms with van der Waals surface area (Å²) in [6.45, 7) is 6.07. The van der Waals surface area contributed by atoms with Gasteiger partial charge < -0.3 is 14.4 Å². The predicted molar refractivity (Wildman–Crippen MR) is 111 cm³/mol. The minimum atomic E-state index is -0.641. The van der Waals surface area contributed by atoms with Crippen LogP contribution in [0.15, 0.2) is 36.4 Å². The number of hydrogen-bond acceptors (Lipinski definition) is 6. The second-order valence-electron chi connectivity index (χ2n) is 7.64. The number of nitrogens with zero attached hydrogens (tertiary/aromatic N) is 2. The number of nitro benzene ring substituents is 1. The Morgan fingerprint density at radius 2 is 1.93 bits per heavy atom. The van der Waals surface area contributed by atoms with Gasteiger partial charge in [0.15, 0.2) is 0 Å². The van der Waals surface area contributed by atoms with E-state index in [0.717, 1.165) is 11.1 Å². The van der Waals surface area contributed by atoms with Crippen LogP contribution < -0.4 is 14.4 Å². The number of carbonyl (C=O) groups is 2. The van der Waals surface area contributed by atoms with E-state index in [0.29, 0.717) is 11.4 Å². The Labute approximate surface area is 174 Å². The molecule has 0 aliphatic carbocycles. The third-order valence-corrected chi connectivity index (χ3v) is 5.12. The van der Waals surface area contributed by atoms with Crippen molar-refractivity contribution in [1.29, 1.82) is 0 Å². The molecule has 1 atom stereocenters. The number of ether oxygens (including phenoxy) is 2. The molecule has 0 unspecified atom stereocenters. The number of esters is 1. The van der Waals surface area contributed by atoms with Crippen molar-refractivity contribution in [3.63, 3.8) is 0 Å². The van der Waals surface area contributed by atoms with Crippen LogP contribution in [-0.4, -0.2) is 30.5 Å². The minimum Gasteiger partial charge on any atom is -0.494 e. The lowest BCUT2D eigenvalue weighted by atomic mass is 10.0. The van der Waals surface area contributed by atoms with Gasteiger partial charge in [-0.15, -0.1) is 0 Å². The van der Waals surface area contributed by atoms with Gasteiger partial charge in [-0.25, -0.2) is 0 Å². The first-order valence-corrected chi connectivity index (χ1v) is 9.66. The van der Waals surface area contributed by atoms with Crippen molar-refractivity contribution < 1.29 is 24.0 Å². The largest absolute Gasteiger partial charge is 0.494 e. The number of hydrogen-bond donors (Lipinski definition) is 0. The molecule has 1 saturated heterocycles. The van der Waals surface area contributed by atoms with Gasteiger partial charge in [0.25, 0.3) is 5.69 Å². The molecule has 0 saturated carbocycles. The minimum absolute atomic E-state index is 0.00179. The number of benzene rings is 2. The van der Waals surface area contributed by atoms with Crippen LogP contribution >= 0.6 is 0 Å². The highest BCUT2D eigenvalue weighted by Crippen LogP contribution is 2.36. The topological polar surface area (TPSA) is 99.0 Å². The number of non-ortho nitro benzene ring substituents is 1. The summed E-state index contributed by atoms with van der Waals surface area (Å²) in [6, 6.07) is 9.75. The van der Waals surface area contributed by atoms with Crippen molar-refractivity contribution in [2.45, 2.75) is 33.1 Å². The Bertz CT molecular complexity index is 1000. The lowest BCUT2D eigenvalue weighted by Crippen LogP contribution is -2.27. The van der Waals surface area contributed by atoms with E-state index in [1.54, 1.807) is 0 Å². The highest BCUT2D eigenvalue weighted by Gasteiger charge is 2.38. The smallest absolute Gasteiger partial charge is 0.316 e. The zero-order chi connectivity index (χ0) is 22.0. The summed E-state index contributed by atoms with van der Waals surface area (Å²) in [5.74, 6) is -0.491. The fourth-order valence-corrected chi connectivity index (χ4v) is 3.50. The molecule has 30 heavy (non-hydrogen) atoms. The van der Waals surface area contributed by atoms with Gasteiger partial charge in [0.1, 0.15) is 11.5 Å². The van der Waals surface area contributed by atoms with Gasteiger partial charge in [-0.1, -0.05) is 26.0 Å². The molecule has 8 heteroatoms. The second-order valence-corrected chi connectivity index (χ2v) is 7.64. The molecule has 2 aromatic rings. The lowest BCUT2D eigenvalue weighted by molar-refractivity contribution is -0.384. The molecule has 1 heterocycles. The van der Waals surface area contributed by atoms with E-state index >= 15 is 0 Å². The van der Waals surface area contributed by atoms with Gasteiger partial charge >= 0.3 is 5.97 Å². The fourth-order valence-electron chi connectivity index (χ4n) is 3.50. The predicted octanol–water partition coefficient (Wildman–Crippen LogP) is 3.99. The van der Waals surface area contributed by atoms with E-state index in [1.807, 2.05) is 39.0 Å². The van der Waals surface area contributed by atoms with Crippen molar-refractivity contribution >= 4 is 23.3 Å². The van der Waals surface area contributed by atoms with Crippen molar-refractivity contribution in [2.75, 3.05) is 18.6 Å². The van der Waals surface area contributed by atoms with Gasteiger partial charge in [-0.2, -0.15) is 0 Å². The van der Waals surface area contributed by atoms with Gasteiger partial charge in [0, 0.05) is 19.0 Å². The van der Waals surface area contributed by atoms with Gasteiger partial charge in [0.2, 0.25) is 5.91 Å². The molecule has 1 fully saturated rings. The summed E-state index contributed by atoms with van der Waals surface area (Å²) in [5.41, 5.74) is 2.15. The summed E-state index contributed by atoms with van der Waals surface area (Å²) in [4.78, 5) is 37.3. The van der Waals surface area contributed by atoms with Crippen molar-refractivity contribution in [2.24, 2.45) is 5.92 Å². The first kappa shape index (κ1) is 21.3. The van der Waals surface area contributed by atoms with Gasteiger partial charge in [-0.05, 0) is 36.1 Å². The summed E-state index contributed by atoms with van der Waals surface area (Å²) in [7, 11) is 1.38. The molecule has 0 N–H and O–H groups in total. The Hall–Kier alpha value is -3.42. The Kier molecular flexibility index (Phi) is 6.05. The van der Waals surface area contributed by atoms with Crippen LogP contribution in [0, 0.1) is 23.0 Å². The molecule has 3 rings (SSSR count). The average Bonchev–Trinajstić information content (AvgIpc) is 3.08. The maximum absolute atomic E-state index is 12.8. The van der Waals surface area contributed by atoms with Crippen molar-refractivity contribution in [3.05, 3.63) is 57.6 Å². The molecule has 0 bridgehead atoms. The molecule has 1 amide bonds. The molecule has 8 nitrogen and oxygen atoms in total. The van der Waals surface area contributed by atoms with E-state index in [2.05, 4.69) is 0 Å². The number of carbonyl (C=O) groups excluding carboxylic acids is 2. The Morgan fingerprint density at radius 3 is 2.57 bits per heavy atom. The lowest BCUT2D eigenvalue weighted by Gasteiger charge is -2.19. The standard InChI is InChI=1S/C22H24N2O6/c1-13(2)17-7-5-14(3)9-19(17)30-22(26)15-10-21(25)23(12-15)18-8-6-16(24(27)28)11-20(18)29-4/h5-9,11,13,15H,10,12H2,1-4H3/t15-/m1/s1. The van der Waals surface area contributed by atoms with Crippen LogP contribution in [0.5, 0.6) is 11.5 Å². The fraction of sp³-hybridized carbons (Fsp3) is 0.364. The summed E-state index contributed by atoms with van der Waals surface area (Å²) < 4.78 is 10.9. The zero-order valence-corrected chi connectivity index (χ0v) is 17.4. The van der Waals surface area contributed by atoms with E-state index in [9.17, 15) is 19.7 Å². The summed E-state index contributed by atoms with van der Waals surface area (Å²) in [5, 5.41) is 11.0. The highest BCUT2D eigenvalue weighted by molar-refractivity contribution is 6.01. The molecular formula is C22H24N2O6. The van der Waals surface area contributed by atoms with Gasteiger partial charge in [0.05, 0.1) is 29.7 Å². The number of amides is 1. The SMILES string of the molecule is COc1cc([N+](=O)[O-])ccc1N1C[C@H](C(=O)Oc2cc(C)ccc2C(C)C)CC1=O. The highest BCUT2D eigenvalue weighted by atomic mass is 16.6. The van der Waals surface area contributed by atoms with Crippen molar-refractivity contribution in [3.8, 4) is 11.5 Å². The average molecular weight is 412 g/mol. The molecular weight excluding hydrogens is 388 g/mol. The van der Waals surface area contributed by atoms with Crippen LogP contribution in [0.1, 0.15) is 37.3 Å². The van der Waals surface area contributed by atoms with Crippen molar-refractivity contribution in [1.82, 2.24) is 0 Å². The third kappa shape index (κ3) is 4.27. The molecule has 158 valence electrons. The monoisotopic (exact) mass is 412 g/mol.